The van der Waals surface area contributed by atoms with Gasteiger partial charge in [0.05, 0.1) is 18.1 Å². The number of rotatable bonds is 8. The van der Waals surface area contributed by atoms with Crippen molar-refractivity contribution in [3.8, 4) is 0 Å². The van der Waals surface area contributed by atoms with Crippen LogP contribution < -0.4 is 0 Å². The molecule has 126 valence electrons. The van der Waals surface area contributed by atoms with Crippen LogP contribution in [0.15, 0.2) is 18.5 Å². The van der Waals surface area contributed by atoms with Gasteiger partial charge in [0.25, 0.3) is 0 Å². The largest absolute Gasteiger partial charge is 0.452 e. The fourth-order valence-electron chi connectivity index (χ4n) is 2.98. The highest BCUT2D eigenvalue weighted by molar-refractivity contribution is 5.87. The van der Waals surface area contributed by atoms with Crippen molar-refractivity contribution in [2.75, 3.05) is 7.11 Å². The van der Waals surface area contributed by atoms with Crippen LogP contribution in [-0.4, -0.2) is 22.8 Å². The van der Waals surface area contributed by atoms with Gasteiger partial charge in [-0.1, -0.05) is 39.5 Å². The van der Waals surface area contributed by atoms with Crippen LogP contribution >= 0.6 is 0 Å². The molecule has 4 nitrogen and oxygen atoms in total. The molecule has 0 atom stereocenters. The normalized spacial score (nSPS) is 11.1. The Morgan fingerprint density at radius 2 is 1.65 bits per heavy atom. The van der Waals surface area contributed by atoms with Gasteiger partial charge in [-0.05, 0) is 48.9 Å². The molecule has 0 saturated heterocycles. The number of carbonyl (C=O) groups excluding carboxylic acids is 1. The van der Waals surface area contributed by atoms with E-state index in [2.05, 4.69) is 31.0 Å². The van der Waals surface area contributed by atoms with E-state index in [9.17, 15) is 4.79 Å². The van der Waals surface area contributed by atoms with Crippen molar-refractivity contribution in [3.05, 3.63) is 29.6 Å². The van der Waals surface area contributed by atoms with Crippen molar-refractivity contribution in [1.82, 2.24) is 9.55 Å². The fourth-order valence-corrected chi connectivity index (χ4v) is 2.98. The van der Waals surface area contributed by atoms with E-state index in [1.807, 2.05) is 0 Å². The molecule has 0 fully saturated rings. The first-order valence-corrected chi connectivity index (χ1v) is 8.78. The lowest BCUT2D eigenvalue weighted by molar-refractivity contribution is 0.174. The van der Waals surface area contributed by atoms with Crippen LogP contribution in [0.25, 0.3) is 11.0 Å². The maximum atomic E-state index is 11.9. The molecule has 1 aromatic heterocycles. The monoisotopic (exact) mass is 316 g/mol. The van der Waals surface area contributed by atoms with Crippen LogP contribution in [0.4, 0.5) is 4.79 Å². The summed E-state index contributed by atoms with van der Waals surface area (Å²) in [7, 11) is 1.40. The second kappa shape index (κ2) is 8.70. The standard InChI is InChI=1S/C19H28N2O2/c1-4-6-8-10-15-12-17-18(13-16(15)11-9-7-5-2)21(14-20-17)19(22)23-3/h12-14H,4-11H2,1-3H3. The highest BCUT2D eigenvalue weighted by Gasteiger charge is 2.13. The summed E-state index contributed by atoms with van der Waals surface area (Å²) >= 11 is 0. The maximum Gasteiger partial charge on any atom is 0.419 e. The van der Waals surface area contributed by atoms with Crippen LogP contribution in [0.5, 0.6) is 0 Å². The molecular weight excluding hydrogens is 288 g/mol. The Balaban J connectivity index is 2.33. The van der Waals surface area contributed by atoms with Gasteiger partial charge in [-0.2, -0.15) is 0 Å². The molecule has 1 heterocycles. The van der Waals surface area contributed by atoms with Gasteiger partial charge in [0, 0.05) is 0 Å². The number of aromatic nitrogens is 2. The van der Waals surface area contributed by atoms with Crippen LogP contribution in [0.2, 0.25) is 0 Å². The summed E-state index contributed by atoms with van der Waals surface area (Å²) in [6, 6.07) is 4.29. The van der Waals surface area contributed by atoms with Crippen LogP contribution in [0.3, 0.4) is 0 Å². The lowest BCUT2D eigenvalue weighted by Crippen LogP contribution is -2.10. The Labute approximate surface area is 138 Å². The molecule has 0 spiro atoms. The van der Waals surface area contributed by atoms with E-state index < -0.39 is 0 Å². The van der Waals surface area contributed by atoms with Crippen molar-refractivity contribution in [3.63, 3.8) is 0 Å². The number of unbranched alkanes of at least 4 members (excludes halogenated alkanes) is 4. The summed E-state index contributed by atoms with van der Waals surface area (Å²) in [6.07, 6.45) is 10.7. The lowest BCUT2D eigenvalue weighted by Gasteiger charge is -2.11. The van der Waals surface area contributed by atoms with Crippen LogP contribution in [0.1, 0.15) is 63.5 Å². The van der Waals surface area contributed by atoms with Crippen molar-refractivity contribution in [1.29, 1.82) is 0 Å². The number of fused-ring (bicyclic) bond motifs is 1. The zero-order valence-electron chi connectivity index (χ0n) is 14.6. The predicted molar refractivity (Wildman–Crippen MR) is 94.0 cm³/mol. The van der Waals surface area contributed by atoms with Crippen LogP contribution in [-0.2, 0) is 17.6 Å². The highest BCUT2D eigenvalue weighted by atomic mass is 16.5. The minimum atomic E-state index is -0.384. The van der Waals surface area contributed by atoms with Gasteiger partial charge in [-0.25, -0.2) is 14.3 Å². The highest BCUT2D eigenvalue weighted by Crippen LogP contribution is 2.23. The van der Waals surface area contributed by atoms with E-state index in [0.29, 0.717) is 0 Å². The van der Waals surface area contributed by atoms with E-state index in [1.54, 1.807) is 6.33 Å². The zero-order valence-corrected chi connectivity index (χ0v) is 14.6. The summed E-state index contributed by atoms with van der Waals surface area (Å²) in [6.45, 7) is 4.45. The number of imidazole rings is 1. The molecule has 1 aromatic carbocycles. The van der Waals surface area contributed by atoms with Crippen molar-refractivity contribution in [2.45, 2.75) is 65.2 Å². The van der Waals surface area contributed by atoms with Gasteiger partial charge in [-0.3, -0.25) is 0 Å². The average molecular weight is 316 g/mol. The first-order valence-electron chi connectivity index (χ1n) is 8.78. The third-order valence-electron chi connectivity index (χ3n) is 4.34. The second-order valence-corrected chi connectivity index (χ2v) is 6.11. The number of hydrogen-bond acceptors (Lipinski definition) is 3. The SMILES string of the molecule is CCCCCc1cc2ncn(C(=O)OC)c2cc1CCCCC. The molecule has 0 aliphatic heterocycles. The third kappa shape index (κ3) is 4.34. The summed E-state index contributed by atoms with van der Waals surface area (Å²) < 4.78 is 6.33. The second-order valence-electron chi connectivity index (χ2n) is 6.11. The third-order valence-corrected chi connectivity index (χ3v) is 4.34. The summed E-state index contributed by atoms with van der Waals surface area (Å²) in [5.41, 5.74) is 4.47. The number of hydrogen-bond donors (Lipinski definition) is 0. The van der Waals surface area contributed by atoms with E-state index in [1.165, 1.54) is 61.3 Å². The summed E-state index contributed by atoms with van der Waals surface area (Å²) in [4.78, 5) is 16.2. The zero-order chi connectivity index (χ0) is 16.7. The number of benzene rings is 1. The Hall–Kier alpha value is -1.84. The van der Waals surface area contributed by atoms with Crippen molar-refractivity contribution < 1.29 is 9.53 Å². The molecule has 0 aliphatic rings. The molecular formula is C19H28N2O2. The van der Waals surface area contributed by atoms with Gasteiger partial charge in [0.1, 0.15) is 6.33 Å². The predicted octanol–water partition coefficient (Wildman–Crippen LogP) is 5.12. The number of carbonyl (C=O) groups is 1. The van der Waals surface area contributed by atoms with Gasteiger partial charge >= 0.3 is 6.09 Å². The molecule has 4 heteroatoms. The van der Waals surface area contributed by atoms with E-state index in [4.69, 9.17) is 4.74 Å². The Bertz CT molecular complexity index is 646. The smallest absolute Gasteiger partial charge is 0.419 e. The molecule has 0 aliphatic carbocycles. The van der Waals surface area contributed by atoms with Crippen molar-refractivity contribution >= 4 is 17.1 Å². The minimum absolute atomic E-state index is 0.384. The Kier molecular flexibility index (Phi) is 6.63. The van der Waals surface area contributed by atoms with E-state index in [0.717, 1.165) is 23.9 Å². The number of nitrogens with zero attached hydrogens (tertiary/aromatic N) is 2. The average Bonchev–Trinajstić information content (AvgIpc) is 2.97. The first-order chi connectivity index (χ1) is 11.2. The molecule has 2 rings (SSSR count). The number of aryl methyl sites for hydroxylation is 2. The Morgan fingerprint density at radius 1 is 1.04 bits per heavy atom. The van der Waals surface area contributed by atoms with Gasteiger partial charge in [0.15, 0.2) is 0 Å². The van der Waals surface area contributed by atoms with E-state index in [-0.39, 0.29) is 6.09 Å². The minimum Gasteiger partial charge on any atom is -0.452 e. The lowest BCUT2D eigenvalue weighted by atomic mass is 9.96. The van der Waals surface area contributed by atoms with Crippen LogP contribution in [0, 0.1) is 0 Å². The first kappa shape index (κ1) is 17.5. The number of ether oxygens (including phenoxy) is 1. The molecule has 0 amide bonds. The van der Waals surface area contributed by atoms with Gasteiger partial charge in [-0.15, -0.1) is 0 Å². The van der Waals surface area contributed by atoms with Gasteiger partial charge in [0.2, 0.25) is 0 Å². The summed E-state index contributed by atoms with van der Waals surface area (Å²) in [5, 5.41) is 0. The molecule has 23 heavy (non-hydrogen) atoms. The van der Waals surface area contributed by atoms with Gasteiger partial charge < -0.3 is 4.74 Å². The molecule has 0 saturated carbocycles. The summed E-state index contributed by atoms with van der Waals surface area (Å²) in [5.74, 6) is 0. The van der Waals surface area contributed by atoms with Crippen molar-refractivity contribution in [2.24, 2.45) is 0 Å². The molecule has 0 unspecified atom stereocenters. The number of methoxy groups -OCH3 is 1. The topological polar surface area (TPSA) is 44.1 Å². The molecule has 2 aromatic rings. The molecule has 0 N–H and O–H groups in total. The Morgan fingerprint density at radius 3 is 2.22 bits per heavy atom. The molecule has 0 radical (unpaired) electrons. The maximum absolute atomic E-state index is 11.9. The molecule has 0 bridgehead atoms. The fraction of sp³-hybridized carbons (Fsp3) is 0.579. The van der Waals surface area contributed by atoms with E-state index >= 15 is 0 Å². The quantitative estimate of drug-likeness (QED) is 0.635.